The Kier molecular flexibility index (Phi) is 6.41. The van der Waals surface area contributed by atoms with E-state index in [4.69, 9.17) is 9.26 Å². The van der Waals surface area contributed by atoms with Gasteiger partial charge in [0, 0.05) is 6.04 Å². The van der Waals surface area contributed by atoms with Gasteiger partial charge in [0.25, 0.3) is 0 Å². The third-order valence-corrected chi connectivity index (χ3v) is 4.20. The second kappa shape index (κ2) is 8.52. The summed E-state index contributed by atoms with van der Waals surface area (Å²) >= 11 is 0. The van der Waals surface area contributed by atoms with Crippen LogP contribution in [0.4, 0.5) is 0 Å². The van der Waals surface area contributed by atoms with Crippen LogP contribution in [0.15, 0.2) is 28.8 Å². The first kappa shape index (κ1) is 18.0. The maximum atomic E-state index is 12.0. The molecule has 0 unspecified atom stereocenters. The van der Waals surface area contributed by atoms with E-state index in [1.54, 1.807) is 0 Å². The predicted octanol–water partition coefficient (Wildman–Crippen LogP) is 3.72. The molecule has 0 fully saturated rings. The number of carbonyl (C=O) groups is 1. The van der Waals surface area contributed by atoms with Crippen LogP contribution >= 0.6 is 0 Å². The first-order valence-corrected chi connectivity index (χ1v) is 8.46. The van der Waals surface area contributed by atoms with Gasteiger partial charge < -0.3 is 14.6 Å². The molecule has 1 aromatic heterocycles. The highest BCUT2D eigenvalue weighted by Crippen LogP contribution is 2.18. The van der Waals surface area contributed by atoms with Crippen molar-refractivity contribution in [2.24, 2.45) is 0 Å². The van der Waals surface area contributed by atoms with Crippen molar-refractivity contribution in [1.29, 1.82) is 0 Å². The van der Waals surface area contributed by atoms with Gasteiger partial charge in [-0.1, -0.05) is 31.1 Å². The van der Waals surface area contributed by atoms with Gasteiger partial charge in [0.05, 0.1) is 17.7 Å². The van der Waals surface area contributed by atoms with Crippen LogP contribution in [0.25, 0.3) is 0 Å². The van der Waals surface area contributed by atoms with Gasteiger partial charge in [-0.2, -0.15) is 0 Å². The van der Waals surface area contributed by atoms with E-state index in [-0.39, 0.29) is 11.9 Å². The molecule has 0 saturated heterocycles. The summed E-state index contributed by atoms with van der Waals surface area (Å²) < 4.78 is 10.9. The maximum absolute atomic E-state index is 12.0. The molecule has 130 valence electrons. The van der Waals surface area contributed by atoms with Crippen molar-refractivity contribution >= 4 is 5.91 Å². The van der Waals surface area contributed by atoms with Crippen LogP contribution < -0.4 is 10.1 Å². The van der Waals surface area contributed by atoms with Gasteiger partial charge >= 0.3 is 0 Å². The number of hydrogen-bond donors (Lipinski definition) is 1. The fourth-order valence-electron chi connectivity index (χ4n) is 2.52. The number of carbonyl (C=O) groups excluding carboxylic acids is 1. The molecular weight excluding hydrogens is 304 g/mol. The van der Waals surface area contributed by atoms with Crippen molar-refractivity contribution in [3.8, 4) is 5.75 Å². The van der Waals surface area contributed by atoms with E-state index in [2.05, 4.69) is 24.3 Å². The number of aromatic nitrogens is 1. The Labute approximate surface area is 143 Å². The quantitative estimate of drug-likeness (QED) is 0.801. The van der Waals surface area contributed by atoms with E-state index in [1.807, 2.05) is 38.1 Å². The fraction of sp³-hybridized carbons (Fsp3) is 0.474. The van der Waals surface area contributed by atoms with E-state index >= 15 is 0 Å². The normalized spacial score (nSPS) is 10.9. The molecule has 5 nitrogen and oxygen atoms in total. The van der Waals surface area contributed by atoms with E-state index in [9.17, 15) is 4.79 Å². The van der Waals surface area contributed by atoms with Gasteiger partial charge in [-0.3, -0.25) is 4.79 Å². The molecule has 0 saturated carbocycles. The lowest BCUT2D eigenvalue weighted by atomic mass is 10.1. The summed E-state index contributed by atoms with van der Waals surface area (Å²) in [4.78, 5) is 12.0. The second-order valence-corrected chi connectivity index (χ2v) is 5.99. The zero-order valence-corrected chi connectivity index (χ0v) is 14.9. The number of aryl methyl sites for hydroxylation is 2. The first-order chi connectivity index (χ1) is 11.5. The molecule has 0 bridgehead atoms. The van der Waals surface area contributed by atoms with Gasteiger partial charge in [0.1, 0.15) is 18.1 Å². The third-order valence-electron chi connectivity index (χ3n) is 4.20. The molecule has 5 heteroatoms. The smallest absolute Gasteiger partial charge is 0.224 e. The maximum Gasteiger partial charge on any atom is 0.224 e. The molecule has 24 heavy (non-hydrogen) atoms. The fourth-order valence-corrected chi connectivity index (χ4v) is 2.52. The highest BCUT2D eigenvalue weighted by Gasteiger charge is 2.11. The molecule has 0 aliphatic carbocycles. The van der Waals surface area contributed by atoms with Crippen LogP contribution in [0, 0.1) is 13.8 Å². The van der Waals surface area contributed by atoms with Crippen LogP contribution in [0.2, 0.25) is 0 Å². The topological polar surface area (TPSA) is 64.4 Å². The van der Waals surface area contributed by atoms with Crippen molar-refractivity contribution < 1.29 is 14.1 Å². The Morgan fingerprint density at radius 2 is 1.88 bits per heavy atom. The van der Waals surface area contributed by atoms with Crippen molar-refractivity contribution in [2.45, 2.75) is 59.6 Å². The minimum Gasteiger partial charge on any atom is -0.489 e. The predicted molar refractivity (Wildman–Crippen MR) is 93.0 cm³/mol. The van der Waals surface area contributed by atoms with E-state index < -0.39 is 0 Å². The number of nitrogens with one attached hydrogen (secondary N) is 1. The van der Waals surface area contributed by atoms with Crippen molar-refractivity contribution in [3.63, 3.8) is 0 Å². The van der Waals surface area contributed by atoms with Gasteiger partial charge in [0.15, 0.2) is 0 Å². The van der Waals surface area contributed by atoms with Crippen LogP contribution in [0.5, 0.6) is 5.75 Å². The van der Waals surface area contributed by atoms with E-state index in [1.165, 1.54) is 0 Å². The molecule has 0 atom stereocenters. The highest BCUT2D eigenvalue weighted by molar-refractivity contribution is 5.78. The average molecular weight is 330 g/mol. The van der Waals surface area contributed by atoms with Crippen LogP contribution in [-0.2, 0) is 17.8 Å². The van der Waals surface area contributed by atoms with Gasteiger partial charge in [-0.05, 0) is 44.4 Å². The van der Waals surface area contributed by atoms with Gasteiger partial charge in [-0.25, -0.2) is 0 Å². The van der Waals surface area contributed by atoms with Crippen LogP contribution in [0.3, 0.4) is 0 Å². The van der Waals surface area contributed by atoms with Crippen molar-refractivity contribution in [1.82, 2.24) is 10.5 Å². The van der Waals surface area contributed by atoms with Crippen LogP contribution in [-0.4, -0.2) is 17.1 Å². The Balaban J connectivity index is 1.87. The number of ether oxygens (including phenoxy) is 1. The summed E-state index contributed by atoms with van der Waals surface area (Å²) in [5, 5.41) is 6.96. The Hall–Kier alpha value is -2.30. The standard InChI is InChI=1S/C19H26N2O3/c1-5-16(6-2)20-19(22)11-15-7-9-17(10-8-15)23-12-18-13(3)21-24-14(18)4/h7-10,16H,5-6,11-12H2,1-4H3,(H,20,22). The Morgan fingerprint density at radius 3 is 2.42 bits per heavy atom. The third kappa shape index (κ3) is 4.85. The highest BCUT2D eigenvalue weighted by atomic mass is 16.5. The summed E-state index contributed by atoms with van der Waals surface area (Å²) in [5.74, 6) is 1.61. The molecule has 2 aromatic rings. The first-order valence-electron chi connectivity index (χ1n) is 8.46. The minimum atomic E-state index is 0.0630. The molecule has 0 radical (unpaired) electrons. The van der Waals surface area contributed by atoms with Gasteiger partial charge in [-0.15, -0.1) is 0 Å². The van der Waals surface area contributed by atoms with E-state index in [0.29, 0.717) is 13.0 Å². The molecule has 0 aliphatic rings. The summed E-state index contributed by atoms with van der Waals surface area (Å²) in [7, 11) is 0. The summed E-state index contributed by atoms with van der Waals surface area (Å²) in [6.07, 6.45) is 2.30. The monoisotopic (exact) mass is 330 g/mol. The largest absolute Gasteiger partial charge is 0.489 e. The molecule has 1 N–H and O–H groups in total. The summed E-state index contributed by atoms with van der Waals surface area (Å²) in [6.45, 7) is 8.37. The molecule has 1 aromatic carbocycles. The number of hydrogen-bond acceptors (Lipinski definition) is 4. The lowest BCUT2D eigenvalue weighted by Crippen LogP contribution is -2.34. The number of benzene rings is 1. The van der Waals surface area contributed by atoms with Crippen molar-refractivity contribution in [2.75, 3.05) is 0 Å². The number of nitrogens with zero attached hydrogens (tertiary/aromatic N) is 1. The summed E-state index contributed by atoms with van der Waals surface area (Å²) in [5.41, 5.74) is 2.80. The molecule has 1 heterocycles. The van der Waals surface area contributed by atoms with Crippen LogP contribution in [0.1, 0.15) is 49.3 Å². The molecular formula is C19H26N2O3. The minimum absolute atomic E-state index is 0.0630. The molecule has 2 rings (SSSR count). The lowest BCUT2D eigenvalue weighted by Gasteiger charge is -2.14. The second-order valence-electron chi connectivity index (χ2n) is 5.99. The zero-order chi connectivity index (χ0) is 17.5. The number of rotatable bonds is 8. The Bertz CT molecular complexity index is 638. The molecule has 0 spiro atoms. The molecule has 0 aliphatic heterocycles. The van der Waals surface area contributed by atoms with E-state index in [0.717, 1.165) is 41.2 Å². The van der Waals surface area contributed by atoms with Gasteiger partial charge in [0.2, 0.25) is 5.91 Å². The molecule has 1 amide bonds. The summed E-state index contributed by atoms with van der Waals surface area (Å²) in [6, 6.07) is 7.88. The number of amides is 1. The Morgan fingerprint density at radius 1 is 1.21 bits per heavy atom. The lowest BCUT2D eigenvalue weighted by molar-refractivity contribution is -0.121. The van der Waals surface area contributed by atoms with Crippen molar-refractivity contribution in [3.05, 3.63) is 46.8 Å². The zero-order valence-electron chi connectivity index (χ0n) is 14.9. The SMILES string of the molecule is CCC(CC)NC(=O)Cc1ccc(OCc2c(C)noc2C)cc1. The average Bonchev–Trinajstić information content (AvgIpc) is 2.90.